The van der Waals surface area contributed by atoms with Crippen molar-refractivity contribution in [2.24, 2.45) is 5.73 Å². The summed E-state index contributed by atoms with van der Waals surface area (Å²) in [4.78, 5) is 42.8. The van der Waals surface area contributed by atoms with Crippen LogP contribution in [0.25, 0.3) is 0 Å². The van der Waals surface area contributed by atoms with Crippen LogP contribution in [-0.2, 0) is 21.2 Å². The van der Waals surface area contributed by atoms with E-state index in [1.165, 1.54) is 18.7 Å². The molecular weight excluding hydrogens is 414 g/mol. The highest BCUT2D eigenvalue weighted by molar-refractivity contribution is 7.92. The number of hydrazine groups is 1. The third-order valence-corrected chi connectivity index (χ3v) is 7.98. The number of nitrogens with one attached hydrogen (secondary N) is 1. The first-order valence-corrected chi connectivity index (χ1v) is 11.4. The van der Waals surface area contributed by atoms with Crippen molar-refractivity contribution in [3.8, 4) is 0 Å². The first-order chi connectivity index (χ1) is 13.8. The summed E-state index contributed by atoms with van der Waals surface area (Å²) in [6, 6.07) is -2.48. The van der Waals surface area contributed by atoms with E-state index in [0.29, 0.717) is 25.5 Å². The van der Waals surface area contributed by atoms with Gasteiger partial charge in [0.2, 0.25) is 5.91 Å². The standard InChI is InChI=1S/C17H27N7O5S/c1-11-19-9-12-10-23(16(27)24(11)12)22-7-5-21(6-8-22)14(25)13(20-15(18)26)17(2,3)30(4,28)29/h9,13H,5-8,10H2,1-4H3,(H3,18,20,26)/t13-/m0/s1. The molecule has 3 N–H and O–H groups in total. The van der Waals surface area contributed by atoms with Gasteiger partial charge in [0.25, 0.3) is 0 Å². The summed E-state index contributed by atoms with van der Waals surface area (Å²) in [5, 5.41) is 5.77. The highest BCUT2D eigenvalue weighted by Crippen LogP contribution is 2.24. The topological polar surface area (TPSA) is 151 Å². The molecule has 166 valence electrons. The third-order valence-electron chi connectivity index (χ3n) is 5.83. The number of hydrogen-bond donors (Lipinski definition) is 2. The van der Waals surface area contributed by atoms with Crippen molar-refractivity contribution in [3.05, 3.63) is 17.7 Å². The number of primary amides is 1. The van der Waals surface area contributed by atoms with E-state index in [1.807, 2.05) is 5.01 Å². The van der Waals surface area contributed by atoms with E-state index >= 15 is 0 Å². The summed E-state index contributed by atoms with van der Waals surface area (Å²) >= 11 is 0. The van der Waals surface area contributed by atoms with E-state index in [2.05, 4.69) is 10.3 Å². The van der Waals surface area contributed by atoms with Gasteiger partial charge < -0.3 is 16.0 Å². The van der Waals surface area contributed by atoms with Crippen molar-refractivity contribution in [2.75, 3.05) is 32.4 Å². The number of carbonyl (C=O) groups is 3. The number of rotatable bonds is 5. The molecule has 0 radical (unpaired) electrons. The first kappa shape index (κ1) is 22.0. The summed E-state index contributed by atoms with van der Waals surface area (Å²) in [5.41, 5.74) is 5.99. The van der Waals surface area contributed by atoms with Crippen molar-refractivity contribution in [2.45, 2.75) is 38.1 Å². The lowest BCUT2D eigenvalue weighted by Crippen LogP contribution is -2.64. The average Bonchev–Trinajstić information content (AvgIpc) is 3.18. The van der Waals surface area contributed by atoms with Crippen LogP contribution in [0.4, 0.5) is 9.59 Å². The Balaban J connectivity index is 1.69. The molecule has 2 aliphatic heterocycles. The van der Waals surface area contributed by atoms with E-state index in [1.54, 1.807) is 22.7 Å². The normalized spacial score (nSPS) is 19.0. The van der Waals surface area contributed by atoms with Crippen LogP contribution in [0.1, 0.15) is 25.4 Å². The second kappa shape index (κ2) is 7.54. The second-order valence-electron chi connectivity index (χ2n) is 8.07. The minimum Gasteiger partial charge on any atom is -0.352 e. The van der Waals surface area contributed by atoms with Crippen molar-refractivity contribution < 1.29 is 22.8 Å². The molecule has 2 aliphatic rings. The number of sulfone groups is 1. The zero-order valence-electron chi connectivity index (χ0n) is 17.5. The fourth-order valence-electron chi connectivity index (χ4n) is 3.65. The zero-order valence-corrected chi connectivity index (χ0v) is 18.3. The van der Waals surface area contributed by atoms with Crippen molar-refractivity contribution in [1.82, 2.24) is 29.8 Å². The van der Waals surface area contributed by atoms with Crippen LogP contribution in [0.15, 0.2) is 6.20 Å². The van der Waals surface area contributed by atoms with Crippen LogP contribution in [0, 0.1) is 6.92 Å². The number of amides is 4. The highest BCUT2D eigenvalue weighted by atomic mass is 32.2. The Morgan fingerprint density at radius 3 is 2.33 bits per heavy atom. The Bertz CT molecular complexity index is 979. The lowest BCUT2D eigenvalue weighted by atomic mass is 10.0. The molecule has 3 rings (SSSR count). The lowest BCUT2D eigenvalue weighted by Gasteiger charge is -2.41. The lowest BCUT2D eigenvalue weighted by molar-refractivity contribution is -0.138. The zero-order chi connectivity index (χ0) is 22.4. The summed E-state index contributed by atoms with van der Waals surface area (Å²) in [5.74, 6) is 0.0950. The molecule has 0 saturated carbocycles. The van der Waals surface area contributed by atoms with Crippen LogP contribution in [0.5, 0.6) is 0 Å². The molecule has 12 nitrogen and oxygen atoms in total. The number of nitrogens with zero attached hydrogens (tertiary/aromatic N) is 5. The van der Waals surface area contributed by atoms with Gasteiger partial charge in [-0.25, -0.2) is 32.6 Å². The molecule has 30 heavy (non-hydrogen) atoms. The molecule has 1 aromatic heterocycles. The molecule has 1 aromatic rings. The maximum atomic E-state index is 13.1. The number of hydrogen-bond acceptors (Lipinski definition) is 7. The Kier molecular flexibility index (Phi) is 5.54. The van der Waals surface area contributed by atoms with Gasteiger partial charge in [0.05, 0.1) is 23.2 Å². The molecule has 0 unspecified atom stereocenters. The number of aromatic nitrogens is 2. The fraction of sp³-hybridized carbons (Fsp3) is 0.647. The Morgan fingerprint density at radius 2 is 1.83 bits per heavy atom. The smallest absolute Gasteiger partial charge is 0.344 e. The van der Waals surface area contributed by atoms with Crippen molar-refractivity contribution >= 4 is 27.8 Å². The van der Waals surface area contributed by atoms with Gasteiger partial charge in [-0.15, -0.1) is 0 Å². The maximum absolute atomic E-state index is 13.1. The van der Waals surface area contributed by atoms with Crippen LogP contribution in [0.3, 0.4) is 0 Å². The quantitative estimate of drug-likeness (QED) is 0.588. The van der Waals surface area contributed by atoms with Gasteiger partial charge in [0.15, 0.2) is 9.84 Å². The number of aryl methyl sites for hydroxylation is 1. The minimum atomic E-state index is -3.68. The molecule has 1 atom stereocenters. The molecule has 0 spiro atoms. The number of piperazine rings is 1. The number of nitrogens with two attached hydrogens (primary N) is 1. The molecule has 1 fully saturated rings. The predicted molar refractivity (Wildman–Crippen MR) is 107 cm³/mol. The van der Waals surface area contributed by atoms with Gasteiger partial charge in [-0.1, -0.05) is 0 Å². The summed E-state index contributed by atoms with van der Waals surface area (Å²) in [6.45, 7) is 6.24. The highest BCUT2D eigenvalue weighted by Gasteiger charge is 2.46. The van der Waals surface area contributed by atoms with Crippen LogP contribution >= 0.6 is 0 Å². The second-order valence-corrected chi connectivity index (χ2v) is 10.7. The molecule has 0 aromatic carbocycles. The minimum absolute atomic E-state index is 0.189. The van der Waals surface area contributed by atoms with Crippen LogP contribution < -0.4 is 11.1 Å². The first-order valence-electron chi connectivity index (χ1n) is 9.49. The molecule has 0 aliphatic carbocycles. The number of fused-ring (bicyclic) bond motifs is 1. The summed E-state index contributed by atoms with van der Waals surface area (Å²) in [7, 11) is -3.68. The number of urea groups is 1. The Labute approximate surface area is 174 Å². The van der Waals surface area contributed by atoms with E-state index in [-0.39, 0.29) is 19.1 Å². The molecule has 3 heterocycles. The van der Waals surface area contributed by atoms with Gasteiger partial charge in [-0.2, -0.15) is 0 Å². The van der Waals surface area contributed by atoms with Gasteiger partial charge in [0, 0.05) is 32.4 Å². The maximum Gasteiger partial charge on any atom is 0.344 e. The average molecular weight is 442 g/mol. The van der Waals surface area contributed by atoms with E-state index in [9.17, 15) is 22.8 Å². The van der Waals surface area contributed by atoms with E-state index < -0.39 is 32.6 Å². The van der Waals surface area contributed by atoms with Crippen LogP contribution in [-0.4, -0.2) is 94.1 Å². The van der Waals surface area contributed by atoms with E-state index in [4.69, 9.17) is 5.73 Å². The monoisotopic (exact) mass is 441 g/mol. The molecular formula is C17H27N7O5S. The van der Waals surface area contributed by atoms with Gasteiger partial charge in [-0.05, 0) is 20.8 Å². The summed E-state index contributed by atoms with van der Waals surface area (Å²) in [6.07, 6.45) is 2.68. The summed E-state index contributed by atoms with van der Waals surface area (Å²) < 4.78 is 24.4. The SMILES string of the molecule is Cc1ncc2n1C(=O)N(N1CCN(C(=O)[C@H](NC(N)=O)C(C)(C)S(C)(=O)=O)CC1)C2. The Hall–Kier alpha value is -2.67. The van der Waals surface area contributed by atoms with Gasteiger partial charge in [-0.3, -0.25) is 9.80 Å². The van der Waals surface area contributed by atoms with Crippen molar-refractivity contribution in [3.63, 3.8) is 0 Å². The Morgan fingerprint density at radius 1 is 1.23 bits per heavy atom. The number of carbonyl (C=O) groups excluding carboxylic acids is 3. The van der Waals surface area contributed by atoms with Crippen molar-refractivity contribution in [1.29, 1.82) is 0 Å². The fourth-order valence-corrected chi connectivity index (χ4v) is 4.24. The predicted octanol–water partition coefficient (Wildman–Crippen LogP) is -1.11. The largest absolute Gasteiger partial charge is 0.352 e. The van der Waals surface area contributed by atoms with Crippen LogP contribution in [0.2, 0.25) is 0 Å². The molecule has 13 heteroatoms. The third kappa shape index (κ3) is 3.74. The van der Waals surface area contributed by atoms with E-state index in [0.717, 1.165) is 11.9 Å². The molecule has 4 amide bonds. The molecule has 0 bridgehead atoms. The van der Waals surface area contributed by atoms with Gasteiger partial charge in [0.1, 0.15) is 11.9 Å². The van der Waals surface area contributed by atoms with Gasteiger partial charge >= 0.3 is 12.1 Å². The molecule has 1 saturated heterocycles. The number of imidazole rings is 1.